The SMILES string of the molecule is COCCC(C)Nc1cccc(OC(C)C)c1N. The van der Waals surface area contributed by atoms with Crippen LogP contribution in [0.4, 0.5) is 11.4 Å². The van der Waals surface area contributed by atoms with Crippen LogP contribution in [0.15, 0.2) is 18.2 Å². The summed E-state index contributed by atoms with van der Waals surface area (Å²) in [6.45, 7) is 6.81. The third-order valence-corrected chi connectivity index (χ3v) is 2.59. The second-order valence-corrected chi connectivity index (χ2v) is 4.71. The molecule has 0 heterocycles. The smallest absolute Gasteiger partial charge is 0.144 e. The molecule has 4 nitrogen and oxygen atoms in total. The zero-order valence-electron chi connectivity index (χ0n) is 11.7. The van der Waals surface area contributed by atoms with Gasteiger partial charge in [-0.15, -0.1) is 0 Å². The van der Waals surface area contributed by atoms with Crippen molar-refractivity contribution in [2.75, 3.05) is 24.8 Å². The molecule has 18 heavy (non-hydrogen) atoms. The summed E-state index contributed by atoms with van der Waals surface area (Å²) >= 11 is 0. The Morgan fingerprint density at radius 1 is 1.28 bits per heavy atom. The van der Waals surface area contributed by atoms with Crippen LogP contribution < -0.4 is 15.8 Å². The van der Waals surface area contributed by atoms with Crippen molar-refractivity contribution in [2.24, 2.45) is 0 Å². The van der Waals surface area contributed by atoms with Crippen LogP contribution in [0.25, 0.3) is 0 Å². The third-order valence-electron chi connectivity index (χ3n) is 2.59. The van der Waals surface area contributed by atoms with Crippen LogP contribution in [0.5, 0.6) is 5.75 Å². The number of hydrogen-bond donors (Lipinski definition) is 2. The molecule has 3 N–H and O–H groups in total. The Bertz CT molecular complexity index is 367. The predicted octanol–water partition coefficient (Wildman–Crippen LogP) is 2.89. The van der Waals surface area contributed by atoms with Crippen LogP contribution in [-0.2, 0) is 4.74 Å². The van der Waals surface area contributed by atoms with E-state index in [2.05, 4.69) is 12.2 Å². The molecule has 0 saturated heterocycles. The zero-order chi connectivity index (χ0) is 13.5. The highest BCUT2D eigenvalue weighted by Crippen LogP contribution is 2.30. The third kappa shape index (κ3) is 4.45. The van der Waals surface area contributed by atoms with E-state index in [1.807, 2.05) is 32.0 Å². The maximum absolute atomic E-state index is 6.09. The van der Waals surface area contributed by atoms with Gasteiger partial charge in [0.2, 0.25) is 0 Å². The first-order valence-electron chi connectivity index (χ1n) is 6.35. The molecule has 0 saturated carbocycles. The van der Waals surface area contributed by atoms with Gasteiger partial charge in [0.15, 0.2) is 0 Å². The molecule has 1 aromatic carbocycles. The van der Waals surface area contributed by atoms with Gasteiger partial charge in [0.05, 0.1) is 17.5 Å². The van der Waals surface area contributed by atoms with E-state index in [-0.39, 0.29) is 6.10 Å². The van der Waals surface area contributed by atoms with Gasteiger partial charge < -0.3 is 20.5 Å². The monoisotopic (exact) mass is 252 g/mol. The average molecular weight is 252 g/mol. The lowest BCUT2D eigenvalue weighted by molar-refractivity contribution is 0.191. The molecule has 0 aliphatic rings. The van der Waals surface area contributed by atoms with Gasteiger partial charge >= 0.3 is 0 Å². The van der Waals surface area contributed by atoms with E-state index in [1.54, 1.807) is 7.11 Å². The number of para-hydroxylation sites is 1. The van der Waals surface area contributed by atoms with Gasteiger partial charge in [-0.05, 0) is 39.3 Å². The van der Waals surface area contributed by atoms with Gasteiger partial charge in [-0.25, -0.2) is 0 Å². The molecule has 4 heteroatoms. The highest BCUT2D eigenvalue weighted by Gasteiger charge is 2.09. The van der Waals surface area contributed by atoms with Crippen molar-refractivity contribution in [1.29, 1.82) is 0 Å². The van der Waals surface area contributed by atoms with Crippen molar-refractivity contribution >= 4 is 11.4 Å². The number of methoxy groups -OCH3 is 1. The summed E-state index contributed by atoms with van der Waals surface area (Å²) < 4.78 is 10.7. The fourth-order valence-corrected chi connectivity index (χ4v) is 1.66. The van der Waals surface area contributed by atoms with Crippen molar-refractivity contribution < 1.29 is 9.47 Å². The normalized spacial score (nSPS) is 12.5. The van der Waals surface area contributed by atoms with E-state index in [9.17, 15) is 0 Å². The van der Waals surface area contributed by atoms with Crippen LogP contribution >= 0.6 is 0 Å². The standard InChI is InChI=1S/C14H24N2O2/c1-10(2)18-13-7-5-6-12(14(13)15)16-11(3)8-9-17-4/h5-7,10-11,16H,8-9,15H2,1-4H3. The van der Waals surface area contributed by atoms with E-state index in [0.717, 1.165) is 24.5 Å². The molecule has 0 spiro atoms. The lowest BCUT2D eigenvalue weighted by Gasteiger charge is -2.19. The Morgan fingerprint density at radius 3 is 2.61 bits per heavy atom. The number of nitrogens with two attached hydrogens (primary N) is 1. The van der Waals surface area contributed by atoms with E-state index in [0.29, 0.717) is 11.7 Å². The van der Waals surface area contributed by atoms with Gasteiger partial charge in [-0.2, -0.15) is 0 Å². The topological polar surface area (TPSA) is 56.5 Å². The van der Waals surface area contributed by atoms with Crippen LogP contribution in [0, 0.1) is 0 Å². The second kappa shape index (κ2) is 7.11. The highest BCUT2D eigenvalue weighted by atomic mass is 16.5. The molecule has 102 valence electrons. The van der Waals surface area contributed by atoms with Crippen molar-refractivity contribution in [2.45, 2.75) is 39.3 Å². The molecule has 0 amide bonds. The molecule has 0 aliphatic heterocycles. The Kier molecular flexibility index (Phi) is 5.78. The number of rotatable bonds is 7. The summed E-state index contributed by atoms with van der Waals surface area (Å²) in [5.41, 5.74) is 7.67. The number of ether oxygens (including phenoxy) is 2. The van der Waals surface area contributed by atoms with E-state index in [1.165, 1.54) is 0 Å². The summed E-state index contributed by atoms with van der Waals surface area (Å²) in [6.07, 6.45) is 1.05. The quantitative estimate of drug-likeness (QED) is 0.733. The summed E-state index contributed by atoms with van der Waals surface area (Å²) in [7, 11) is 1.71. The Morgan fingerprint density at radius 2 is 2.00 bits per heavy atom. The van der Waals surface area contributed by atoms with Crippen molar-refractivity contribution in [3.05, 3.63) is 18.2 Å². The molecule has 0 aromatic heterocycles. The molecule has 0 bridgehead atoms. The second-order valence-electron chi connectivity index (χ2n) is 4.71. The number of nitrogen functional groups attached to an aromatic ring is 1. The molecule has 1 aromatic rings. The maximum Gasteiger partial charge on any atom is 0.144 e. The fraction of sp³-hybridized carbons (Fsp3) is 0.571. The molecule has 1 atom stereocenters. The number of anilines is 2. The van der Waals surface area contributed by atoms with E-state index in [4.69, 9.17) is 15.2 Å². The molecular formula is C14H24N2O2. The molecule has 0 fully saturated rings. The summed E-state index contributed by atoms with van der Waals surface area (Å²) in [5, 5.41) is 3.37. The van der Waals surface area contributed by atoms with Crippen LogP contribution in [0.2, 0.25) is 0 Å². The molecule has 1 rings (SSSR count). The number of nitrogens with one attached hydrogen (secondary N) is 1. The first-order valence-corrected chi connectivity index (χ1v) is 6.35. The molecule has 0 radical (unpaired) electrons. The summed E-state index contributed by atoms with van der Waals surface area (Å²) in [4.78, 5) is 0. The molecule has 1 unspecified atom stereocenters. The first kappa shape index (κ1) is 14.6. The largest absolute Gasteiger partial charge is 0.489 e. The zero-order valence-corrected chi connectivity index (χ0v) is 11.7. The number of benzene rings is 1. The van der Waals surface area contributed by atoms with Crippen molar-refractivity contribution in [1.82, 2.24) is 0 Å². The maximum atomic E-state index is 6.09. The Labute approximate surface area is 109 Å². The lowest BCUT2D eigenvalue weighted by Crippen LogP contribution is -2.18. The molecular weight excluding hydrogens is 228 g/mol. The minimum Gasteiger partial charge on any atom is -0.489 e. The Balaban J connectivity index is 2.71. The molecule has 0 aliphatic carbocycles. The van der Waals surface area contributed by atoms with Gasteiger partial charge in [0.1, 0.15) is 5.75 Å². The average Bonchev–Trinajstić information content (AvgIpc) is 2.31. The van der Waals surface area contributed by atoms with Crippen LogP contribution in [-0.4, -0.2) is 25.9 Å². The summed E-state index contributed by atoms with van der Waals surface area (Å²) in [6, 6.07) is 6.10. The number of hydrogen-bond acceptors (Lipinski definition) is 4. The van der Waals surface area contributed by atoms with E-state index < -0.39 is 0 Å². The van der Waals surface area contributed by atoms with Gasteiger partial charge in [-0.3, -0.25) is 0 Å². The van der Waals surface area contributed by atoms with E-state index >= 15 is 0 Å². The highest BCUT2D eigenvalue weighted by molar-refractivity contribution is 5.73. The van der Waals surface area contributed by atoms with Gasteiger partial charge in [0, 0.05) is 19.8 Å². The van der Waals surface area contributed by atoms with Crippen molar-refractivity contribution in [3.63, 3.8) is 0 Å². The predicted molar refractivity (Wildman–Crippen MR) is 76.2 cm³/mol. The van der Waals surface area contributed by atoms with Crippen molar-refractivity contribution in [3.8, 4) is 5.75 Å². The summed E-state index contributed by atoms with van der Waals surface area (Å²) in [5.74, 6) is 0.731. The Hall–Kier alpha value is -1.42. The minimum atomic E-state index is 0.119. The van der Waals surface area contributed by atoms with Crippen LogP contribution in [0.1, 0.15) is 27.2 Å². The first-order chi connectivity index (χ1) is 8.54. The fourth-order valence-electron chi connectivity index (χ4n) is 1.66. The van der Waals surface area contributed by atoms with Gasteiger partial charge in [-0.1, -0.05) is 6.07 Å². The lowest BCUT2D eigenvalue weighted by atomic mass is 10.2. The van der Waals surface area contributed by atoms with Gasteiger partial charge in [0.25, 0.3) is 0 Å². The minimum absolute atomic E-state index is 0.119. The van der Waals surface area contributed by atoms with Crippen LogP contribution in [0.3, 0.4) is 0 Å².